The number of allylic oxidation sites excluding steroid dienone is 4. The number of halogens is 3. The van der Waals surface area contributed by atoms with Crippen LogP contribution in [0.2, 0.25) is 0 Å². The molecule has 1 amide bonds. The maximum atomic E-state index is 14.1. The summed E-state index contributed by atoms with van der Waals surface area (Å²) in [5, 5.41) is 2.64. The molecule has 1 unspecified atom stereocenters. The Morgan fingerprint density at radius 1 is 1.21 bits per heavy atom. The van der Waals surface area contributed by atoms with Gasteiger partial charge in [0.25, 0.3) is 0 Å². The van der Waals surface area contributed by atoms with Crippen molar-refractivity contribution in [1.29, 1.82) is 0 Å². The maximum absolute atomic E-state index is 14.1. The van der Waals surface area contributed by atoms with Gasteiger partial charge >= 0.3 is 0 Å². The van der Waals surface area contributed by atoms with Crippen molar-refractivity contribution in [3.05, 3.63) is 59.6 Å². The van der Waals surface area contributed by atoms with Crippen molar-refractivity contribution in [3.63, 3.8) is 0 Å². The summed E-state index contributed by atoms with van der Waals surface area (Å²) in [6, 6.07) is 1.27. The summed E-state index contributed by atoms with van der Waals surface area (Å²) in [6.45, 7) is 3.56. The van der Waals surface area contributed by atoms with Crippen LogP contribution in [0.3, 0.4) is 0 Å². The highest BCUT2D eigenvalue weighted by Gasteiger charge is 2.63. The van der Waals surface area contributed by atoms with E-state index in [0.29, 0.717) is 23.7 Å². The minimum absolute atomic E-state index is 0.0352. The molecule has 0 aliphatic heterocycles. The van der Waals surface area contributed by atoms with Gasteiger partial charge in [0.15, 0.2) is 17.3 Å². The van der Waals surface area contributed by atoms with Crippen LogP contribution in [0.15, 0.2) is 42.3 Å². The average molecular weight is 460 g/mol. The lowest BCUT2D eigenvalue weighted by Gasteiger charge is -2.27. The number of amides is 1. The van der Waals surface area contributed by atoms with E-state index in [9.17, 15) is 18.0 Å². The molecule has 4 rings (SSSR count). The largest absolute Gasteiger partial charge is 0.493 e. The zero-order chi connectivity index (χ0) is 23.8. The van der Waals surface area contributed by atoms with Crippen LogP contribution in [-0.2, 0) is 4.79 Å². The zero-order valence-electron chi connectivity index (χ0n) is 18.4. The van der Waals surface area contributed by atoms with Crippen LogP contribution in [0.4, 0.5) is 19.0 Å². The Morgan fingerprint density at radius 3 is 2.70 bits per heavy atom. The fourth-order valence-electron chi connectivity index (χ4n) is 4.22. The molecule has 2 aliphatic rings. The molecular formula is C23H23F3N4O3. The van der Waals surface area contributed by atoms with Crippen molar-refractivity contribution in [3.8, 4) is 11.5 Å². The number of carbonyl (C=O) groups is 1. The number of nitrogens with zero attached hydrogens (tertiary/aromatic N) is 3. The minimum atomic E-state index is -0.839. The number of anilines is 1. The normalized spacial score (nSPS) is 23.9. The predicted octanol–water partition coefficient (Wildman–Crippen LogP) is 4.39. The molecule has 1 N–H and O–H groups in total. The molecule has 0 spiro atoms. The number of aromatic nitrogens is 3. The molecule has 7 nitrogen and oxygen atoms in total. The number of carbonyl (C=O) groups excluding carboxylic acids is 1. The lowest BCUT2D eigenvalue weighted by Crippen LogP contribution is -2.30. The van der Waals surface area contributed by atoms with E-state index in [1.807, 2.05) is 0 Å². The van der Waals surface area contributed by atoms with E-state index in [0.717, 1.165) is 12.3 Å². The summed E-state index contributed by atoms with van der Waals surface area (Å²) < 4.78 is 52.6. The second-order valence-electron chi connectivity index (χ2n) is 8.29. The number of pyridine rings is 1. The number of hydrogen-bond acceptors (Lipinski definition) is 6. The molecule has 174 valence electrons. The van der Waals surface area contributed by atoms with Crippen LogP contribution in [-0.4, -0.2) is 34.6 Å². The summed E-state index contributed by atoms with van der Waals surface area (Å²) in [7, 11) is 1.30. The highest BCUT2D eigenvalue weighted by molar-refractivity contribution is 5.94. The third kappa shape index (κ3) is 4.69. The van der Waals surface area contributed by atoms with Crippen LogP contribution >= 0.6 is 0 Å². The van der Waals surface area contributed by atoms with Crippen LogP contribution in [0.1, 0.15) is 24.4 Å². The summed E-state index contributed by atoms with van der Waals surface area (Å²) in [5.41, 5.74) is -0.215. The van der Waals surface area contributed by atoms with Gasteiger partial charge in [-0.1, -0.05) is 0 Å². The highest BCUT2D eigenvalue weighted by Crippen LogP contribution is 2.61. The van der Waals surface area contributed by atoms with E-state index >= 15 is 0 Å². The second-order valence-corrected chi connectivity index (χ2v) is 8.29. The molecule has 10 heteroatoms. The van der Waals surface area contributed by atoms with Gasteiger partial charge in [0.2, 0.25) is 5.91 Å². The minimum Gasteiger partial charge on any atom is -0.493 e. The molecule has 2 aliphatic carbocycles. The molecule has 0 aromatic carbocycles. The van der Waals surface area contributed by atoms with Crippen LogP contribution in [0.5, 0.6) is 11.5 Å². The van der Waals surface area contributed by atoms with E-state index in [4.69, 9.17) is 9.47 Å². The van der Waals surface area contributed by atoms with Gasteiger partial charge in [-0.3, -0.25) is 4.79 Å². The number of rotatable bonds is 7. The third-order valence-corrected chi connectivity index (χ3v) is 6.09. The van der Waals surface area contributed by atoms with Crippen LogP contribution in [0, 0.1) is 36.9 Å². The first-order valence-electron chi connectivity index (χ1n) is 10.4. The van der Waals surface area contributed by atoms with E-state index in [1.54, 1.807) is 13.8 Å². The predicted molar refractivity (Wildman–Crippen MR) is 113 cm³/mol. The lowest BCUT2D eigenvalue weighted by molar-refractivity contribution is -0.118. The van der Waals surface area contributed by atoms with Gasteiger partial charge in [0.1, 0.15) is 23.3 Å². The number of nitrogens with one attached hydrogen (secondary N) is 1. The SMILES string of the molecule is COc1cc(NC(=O)[C@@H]2C[C@@]2(COc2cnc(C)nc2C)C2C=C(F)C=C(F)C2)ncc1F. The van der Waals surface area contributed by atoms with Crippen molar-refractivity contribution >= 4 is 11.7 Å². The Balaban J connectivity index is 1.55. The molecule has 0 bridgehead atoms. The Morgan fingerprint density at radius 2 is 2.00 bits per heavy atom. The number of methoxy groups -OCH3 is 1. The fourth-order valence-corrected chi connectivity index (χ4v) is 4.22. The Bertz CT molecular complexity index is 1150. The van der Waals surface area contributed by atoms with Gasteiger partial charge in [-0.2, -0.15) is 0 Å². The first kappa shape index (κ1) is 22.8. The quantitative estimate of drug-likeness (QED) is 0.660. The lowest BCUT2D eigenvalue weighted by atomic mass is 9.82. The smallest absolute Gasteiger partial charge is 0.229 e. The van der Waals surface area contributed by atoms with E-state index in [2.05, 4.69) is 20.3 Å². The molecular weight excluding hydrogens is 437 g/mol. The van der Waals surface area contributed by atoms with E-state index < -0.39 is 40.6 Å². The topological polar surface area (TPSA) is 86.2 Å². The summed E-state index contributed by atoms with van der Waals surface area (Å²) in [5.74, 6) is -2.45. The van der Waals surface area contributed by atoms with Gasteiger partial charge in [0.05, 0.1) is 31.8 Å². The highest BCUT2D eigenvalue weighted by atomic mass is 19.1. The first-order chi connectivity index (χ1) is 15.7. The second kappa shape index (κ2) is 8.84. The molecule has 1 fully saturated rings. The van der Waals surface area contributed by atoms with Crippen molar-refractivity contribution in [2.45, 2.75) is 26.7 Å². The van der Waals surface area contributed by atoms with Crippen molar-refractivity contribution in [1.82, 2.24) is 15.0 Å². The van der Waals surface area contributed by atoms with Gasteiger partial charge in [-0.15, -0.1) is 0 Å². The number of hydrogen-bond donors (Lipinski definition) is 1. The maximum Gasteiger partial charge on any atom is 0.229 e. The average Bonchev–Trinajstić information content (AvgIpc) is 3.50. The van der Waals surface area contributed by atoms with Crippen molar-refractivity contribution in [2.24, 2.45) is 17.3 Å². The monoisotopic (exact) mass is 460 g/mol. The number of aryl methyl sites for hydroxylation is 2. The van der Waals surface area contributed by atoms with Gasteiger partial charge in [0, 0.05) is 29.9 Å². The Hall–Kier alpha value is -3.43. The van der Waals surface area contributed by atoms with Gasteiger partial charge in [-0.25, -0.2) is 28.1 Å². The van der Waals surface area contributed by atoms with Gasteiger partial charge in [-0.05, 0) is 32.3 Å². The first-order valence-corrected chi connectivity index (χ1v) is 10.4. The molecule has 1 saturated carbocycles. The Labute approximate surface area is 188 Å². The Kier molecular flexibility index (Phi) is 6.09. The van der Waals surface area contributed by atoms with Crippen molar-refractivity contribution in [2.75, 3.05) is 19.0 Å². The summed E-state index contributed by atoms with van der Waals surface area (Å²) in [4.78, 5) is 25.3. The zero-order valence-corrected chi connectivity index (χ0v) is 18.4. The standard InChI is InChI=1S/C23H23F3N4O3/c1-12-20(10-27-13(2)29-12)33-11-23(14-4-15(24)6-16(25)5-14)8-17(23)22(31)30-21-7-19(32-3)18(26)9-28-21/h4,6-7,9-10,14,17H,5,8,11H2,1-3H3,(H,28,30,31)/t14?,17-,23+/m0/s1. The van der Waals surface area contributed by atoms with Crippen LogP contribution in [0.25, 0.3) is 0 Å². The molecule has 2 heterocycles. The molecule has 0 radical (unpaired) electrons. The van der Waals surface area contributed by atoms with Crippen molar-refractivity contribution < 1.29 is 27.4 Å². The summed E-state index contributed by atoms with van der Waals surface area (Å²) in [6.07, 6.45) is 4.97. The van der Waals surface area contributed by atoms with Crippen LogP contribution < -0.4 is 14.8 Å². The number of ether oxygens (including phenoxy) is 2. The molecule has 3 atom stereocenters. The van der Waals surface area contributed by atoms with E-state index in [-0.39, 0.29) is 24.6 Å². The van der Waals surface area contributed by atoms with E-state index in [1.165, 1.54) is 25.4 Å². The molecule has 2 aromatic heterocycles. The van der Waals surface area contributed by atoms with Gasteiger partial charge < -0.3 is 14.8 Å². The molecule has 33 heavy (non-hydrogen) atoms. The molecule has 0 saturated heterocycles. The fraction of sp³-hybridized carbons (Fsp3) is 0.391. The third-order valence-electron chi connectivity index (χ3n) is 6.09. The summed E-state index contributed by atoms with van der Waals surface area (Å²) >= 11 is 0. The molecule has 2 aromatic rings.